The minimum atomic E-state index is -0.225. The molecule has 1 nitrogen and oxygen atoms in total. The fourth-order valence-corrected chi connectivity index (χ4v) is 1.06. The van der Waals surface area contributed by atoms with Crippen molar-refractivity contribution in [3.63, 3.8) is 0 Å². The molecular weight excluding hydrogens is 316 g/mol. The van der Waals surface area contributed by atoms with Gasteiger partial charge in [-0.25, -0.2) is 0 Å². The van der Waals surface area contributed by atoms with Gasteiger partial charge in [-0.3, -0.25) is 0 Å². The van der Waals surface area contributed by atoms with Crippen molar-refractivity contribution in [2.24, 2.45) is 0 Å². The Bertz CT molecular complexity index is 76.8. The van der Waals surface area contributed by atoms with Crippen molar-refractivity contribution in [2.75, 3.05) is 0 Å². The van der Waals surface area contributed by atoms with Crippen LogP contribution < -0.4 is 0 Å². The molecule has 0 saturated heterocycles. The van der Waals surface area contributed by atoms with Crippen LogP contribution in [-0.4, -0.2) is 13.4 Å². The molecule has 0 saturated carbocycles. The van der Waals surface area contributed by atoms with Gasteiger partial charge in [-0.15, -0.1) is 0 Å². The number of aliphatic hydroxyl groups is 1. The van der Waals surface area contributed by atoms with Crippen LogP contribution in [0, 0.1) is 0 Å². The summed E-state index contributed by atoms with van der Waals surface area (Å²) in [5, 5.41) is 8.85. The predicted octanol–water partition coefficient (Wildman–Crippen LogP) is 2.99. The van der Waals surface area contributed by atoms with E-state index in [0.29, 0.717) is 0 Å². The van der Waals surface area contributed by atoms with Gasteiger partial charge in [-0.1, -0.05) is 47.8 Å². The molecule has 0 bridgehead atoms. The van der Waals surface area contributed by atoms with Crippen molar-refractivity contribution in [3.8, 4) is 0 Å². The Morgan fingerprint density at radius 1 is 1.44 bits per heavy atom. The zero-order valence-electron chi connectivity index (χ0n) is 5.07. The summed E-state index contributed by atoms with van der Waals surface area (Å²) >= 11 is 9.99. The van der Waals surface area contributed by atoms with Crippen molar-refractivity contribution in [1.29, 1.82) is 0 Å². The molecule has 0 aromatic heterocycles. The van der Waals surface area contributed by atoms with Gasteiger partial charge in [-0.05, 0) is 19.8 Å². The van der Waals surface area contributed by atoms with Crippen molar-refractivity contribution in [2.45, 2.75) is 28.0 Å². The molecule has 1 atom stereocenters. The van der Waals surface area contributed by atoms with E-state index >= 15 is 0 Å². The molecule has 0 aromatic rings. The highest BCUT2D eigenvalue weighted by Gasteiger charge is 2.17. The lowest BCUT2D eigenvalue weighted by molar-refractivity contribution is 0.183. The summed E-state index contributed by atoms with van der Waals surface area (Å²) in [6.45, 7) is 1.78. The monoisotopic (exact) mass is 322 g/mol. The number of alkyl halides is 3. The molecule has 1 N–H and O–H groups in total. The molecule has 0 rings (SSSR count). The zero-order valence-corrected chi connectivity index (χ0v) is 9.83. The smallest absolute Gasteiger partial charge is 0.135 e. The molecule has 0 spiro atoms. The van der Waals surface area contributed by atoms with E-state index in [2.05, 4.69) is 47.8 Å². The molecule has 0 fully saturated rings. The van der Waals surface area contributed by atoms with Crippen molar-refractivity contribution in [1.82, 2.24) is 0 Å². The quantitative estimate of drug-likeness (QED) is 0.774. The number of halogens is 3. The largest absolute Gasteiger partial charge is 0.393 e. The standard InChI is InChI=1S/C5H9Br3O/c1-4(9)2-3-5(6,7)8/h4,9H,2-3H2,1H3. The molecule has 0 aromatic carbocycles. The van der Waals surface area contributed by atoms with Crippen LogP contribution in [0.1, 0.15) is 19.8 Å². The third-order valence-electron chi connectivity index (χ3n) is 0.846. The highest BCUT2D eigenvalue weighted by atomic mass is 80.0. The Morgan fingerprint density at radius 2 is 1.89 bits per heavy atom. The van der Waals surface area contributed by atoms with Crippen LogP contribution in [0.25, 0.3) is 0 Å². The van der Waals surface area contributed by atoms with Gasteiger partial charge in [0.15, 0.2) is 0 Å². The van der Waals surface area contributed by atoms with Crippen molar-refractivity contribution in [3.05, 3.63) is 0 Å². The van der Waals surface area contributed by atoms with Gasteiger partial charge >= 0.3 is 0 Å². The van der Waals surface area contributed by atoms with Crippen molar-refractivity contribution >= 4 is 47.8 Å². The third kappa shape index (κ3) is 9.40. The summed E-state index contributed by atoms with van der Waals surface area (Å²) in [4.78, 5) is 0. The van der Waals surface area contributed by atoms with E-state index in [1.807, 2.05) is 0 Å². The normalized spacial score (nSPS) is 15.7. The van der Waals surface area contributed by atoms with E-state index in [9.17, 15) is 0 Å². The average Bonchev–Trinajstić information content (AvgIpc) is 1.59. The number of rotatable bonds is 2. The number of hydrogen-bond donors (Lipinski definition) is 1. The summed E-state index contributed by atoms with van der Waals surface area (Å²) in [5.41, 5.74) is 0. The minimum absolute atomic E-state index is 0.190. The van der Waals surface area contributed by atoms with Gasteiger partial charge in [0.05, 0.1) is 6.10 Å². The van der Waals surface area contributed by atoms with Crippen LogP contribution in [0.2, 0.25) is 0 Å². The zero-order chi connectivity index (χ0) is 7.49. The Balaban J connectivity index is 3.28. The molecule has 56 valence electrons. The Labute approximate surface area is 80.6 Å². The van der Waals surface area contributed by atoms with Crippen LogP contribution in [0.5, 0.6) is 0 Å². The summed E-state index contributed by atoms with van der Waals surface area (Å²) in [6.07, 6.45) is 1.41. The number of aliphatic hydroxyl groups excluding tert-OH is 1. The first-order valence-electron chi connectivity index (χ1n) is 2.66. The van der Waals surface area contributed by atoms with E-state index in [1.165, 1.54) is 0 Å². The van der Waals surface area contributed by atoms with Gasteiger partial charge in [0, 0.05) is 0 Å². The maximum Gasteiger partial charge on any atom is 0.135 e. The molecule has 0 radical (unpaired) electrons. The fourth-order valence-electron chi connectivity index (χ4n) is 0.373. The van der Waals surface area contributed by atoms with Gasteiger partial charge in [0.2, 0.25) is 0 Å². The lowest BCUT2D eigenvalue weighted by Crippen LogP contribution is -2.06. The second kappa shape index (κ2) is 4.31. The molecule has 0 amide bonds. The summed E-state index contributed by atoms with van der Waals surface area (Å²) < 4.78 is -0.190. The highest BCUT2D eigenvalue weighted by Crippen LogP contribution is 2.38. The van der Waals surface area contributed by atoms with Crippen LogP contribution in [0.15, 0.2) is 0 Å². The first-order chi connectivity index (χ1) is 3.92. The third-order valence-corrected chi connectivity index (χ3v) is 2.04. The minimum Gasteiger partial charge on any atom is -0.393 e. The van der Waals surface area contributed by atoms with E-state index in [4.69, 9.17) is 5.11 Å². The van der Waals surface area contributed by atoms with Crippen LogP contribution in [-0.2, 0) is 0 Å². The Morgan fingerprint density at radius 3 is 2.00 bits per heavy atom. The second-order valence-electron chi connectivity index (χ2n) is 2.00. The van der Waals surface area contributed by atoms with Gasteiger partial charge in [-0.2, -0.15) is 0 Å². The lowest BCUT2D eigenvalue weighted by atomic mass is 10.2. The molecule has 0 aliphatic carbocycles. The Hall–Kier alpha value is 1.40. The molecule has 1 unspecified atom stereocenters. The van der Waals surface area contributed by atoms with Crippen LogP contribution in [0.3, 0.4) is 0 Å². The maximum atomic E-state index is 8.85. The van der Waals surface area contributed by atoms with E-state index in [0.717, 1.165) is 12.8 Å². The van der Waals surface area contributed by atoms with E-state index in [1.54, 1.807) is 6.92 Å². The fraction of sp³-hybridized carbons (Fsp3) is 1.00. The molecule has 0 aliphatic rings. The average molecular weight is 325 g/mol. The molecule has 9 heavy (non-hydrogen) atoms. The number of hydrogen-bond acceptors (Lipinski definition) is 1. The molecule has 0 aliphatic heterocycles. The predicted molar refractivity (Wildman–Crippen MR) is 50.4 cm³/mol. The lowest BCUT2D eigenvalue weighted by Gasteiger charge is -2.12. The van der Waals surface area contributed by atoms with Gasteiger partial charge in [0.25, 0.3) is 0 Å². The van der Waals surface area contributed by atoms with Gasteiger partial charge in [0.1, 0.15) is 2.14 Å². The first kappa shape index (κ1) is 10.4. The molecule has 0 heterocycles. The van der Waals surface area contributed by atoms with Crippen LogP contribution >= 0.6 is 47.8 Å². The summed E-state index contributed by atoms with van der Waals surface area (Å²) in [6, 6.07) is 0. The summed E-state index contributed by atoms with van der Waals surface area (Å²) in [7, 11) is 0. The van der Waals surface area contributed by atoms with E-state index < -0.39 is 0 Å². The highest BCUT2D eigenvalue weighted by molar-refractivity contribution is 9.39. The summed E-state index contributed by atoms with van der Waals surface area (Å²) in [5.74, 6) is 0. The van der Waals surface area contributed by atoms with Crippen molar-refractivity contribution < 1.29 is 5.11 Å². The maximum absolute atomic E-state index is 8.85. The SMILES string of the molecule is CC(O)CCC(Br)(Br)Br. The molecular formula is C5H9Br3O. The molecule has 4 heteroatoms. The van der Waals surface area contributed by atoms with Crippen LogP contribution in [0.4, 0.5) is 0 Å². The topological polar surface area (TPSA) is 20.2 Å². The Kier molecular flexibility index (Phi) is 4.98. The van der Waals surface area contributed by atoms with E-state index in [-0.39, 0.29) is 8.25 Å². The van der Waals surface area contributed by atoms with Gasteiger partial charge < -0.3 is 5.11 Å². The first-order valence-corrected chi connectivity index (χ1v) is 5.04. The second-order valence-corrected chi connectivity index (χ2v) is 9.26.